The van der Waals surface area contributed by atoms with Crippen LogP contribution in [0.15, 0.2) is 58.8 Å². The molecule has 0 aliphatic heterocycles. The lowest BCUT2D eigenvalue weighted by atomic mass is 9.77. The number of nitrogens with two attached hydrogens (primary N) is 2. The van der Waals surface area contributed by atoms with E-state index in [0.29, 0.717) is 28.9 Å². The van der Waals surface area contributed by atoms with Crippen LogP contribution >= 0.6 is 0 Å². The van der Waals surface area contributed by atoms with E-state index >= 15 is 0 Å². The van der Waals surface area contributed by atoms with Gasteiger partial charge >= 0.3 is 0 Å². The summed E-state index contributed by atoms with van der Waals surface area (Å²) < 4.78 is 7.25. The molecule has 3 aromatic heterocycles. The van der Waals surface area contributed by atoms with Crippen molar-refractivity contribution in [3.63, 3.8) is 0 Å². The minimum absolute atomic E-state index is 0.203. The van der Waals surface area contributed by atoms with Gasteiger partial charge in [0.2, 0.25) is 0 Å². The Morgan fingerprint density at radius 2 is 2.17 bits per heavy atom. The van der Waals surface area contributed by atoms with E-state index in [2.05, 4.69) is 33.7 Å². The second-order valence-corrected chi connectivity index (χ2v) is 7.61. The summed E-state index contributed by atoms with van der Waals surface area (Å²) in [4.78, 5) is 13.3. The van der Waals surface area contributed by atoms with Crippen molar-refractivity contribution in [2.24, 2.45) is 29.4 Å². The minimum Gasteiger partial charge on any atom is -0.404 e. The zero-order chi connectivity index (χ0) is 21.3. The molecule has 1 aliphatic rings. The largest absolute Gasteiger partial charge is 0.404 e. The molecule has 0 radical (unpaired) electrons. The Kier molecular flexibility index (Phi) is 4.94. The van der Waals surface area contributed by atoms with Gasteiger partial charge in [0.1, 0.15) is 5.82 Å². The van der Waals surface area contributed by atoms with Crippen molar-refractivity contribution < 1.29 is 4.52 Å². The molecule has 0 bridgehead atoms. The maximum Gasteiger partial charge on any atom is 0.261 e. The minimum atomic E-state index is -0.401. The van der Waals surface area contributed by atoms with Crippen LogP contribution < -0.4 is 11.5 Å². The Morgan fingerprint density at radius 1 is 1.37 bits per heavy atom. The van der Waals surface area contributed by atoms with Crippen molar-refractivity contribution >= 4 is 11.8 Å². The number of aryl methyl sites for hydroxylation is 1. The van der Waals surface area contributed by atoms with E-state index in [0.717, 1.165) is 24.0 Å². The van der Waals surface area contributed by atoms with Gasteiger partial charge in [-0.05, 0) is 37.3 Å². The highest BCUT2D eigenvalue weighted by atomic mass is 16.5. The first-order valence-corrected chi connectivity index (χ1v) is 9.62. The first kappa shape index (κ1) is 19.6. The Bertz CT molecular complexity index is 1120. The van der Waals surface area contributed by atoms with Crippen LogP contribution in [0.4, 0.5) is 0 Å². The molecule has 0 aromatic carbocycles. The molecule has 30 heavy (non-hydrogen) atoms. The average molecular weight is 404 g/mol. The summed E-state index contributed by atoms with van der Waals surface area (Å²) in [5.74, 6) is 1.74. The highest BCUT2D eigenvalue weighted by Crippen LogP contribution is 2.50. The Morgan fingerprint density at radius 3 is 2.73 bits per heavy atom. The molecule has 0 saturated heterocycles. The van der Waals surface area contributed by atoms with Crippen LogP contribution in [0.2, 0.25) is 0 Å². The zero-order valence-corrected chi connectivity index (χ0v) is 17.0. The molecular weight excluding hydrogens is 380 g/mol. The molecule has 0 amide bonds. The molecule has 1 atom stereocenters. The lowest BCUT2D eigenvalue weighted by Gasteiger charge is -2.26. The Hall–Kier alpha value is -3.75. The predicted octanol–water partition coefficient (Wildman–Crippen LogP) is 2.38. The van der Waals surface area contributed by atoms with Gasteiger partial charge in [0, 0.05) is 37.4 Å². The van der Waals surface area contributed by atoms with Gasteiger partial charge in [-0.15, -0.1) is 0 Å². The number of aromatic nitrogens is 5. The molecule has 154 valence electrons. The molecule has 1 saturated carbocycles. The monoisotopic (exact) mass is 404 g/mol. The maximum absolute atomic E-state index is 5.72. The van der Waals surface area contributed by atoms with Crippen LogP contribution in [-0.4, -0.2) is 31.1 Å². The smallest absolute Gasteiger partial charge is 0.261 e. The first-order valence-electron chi connectivity index (χ1n) is 9.62. The van der Waals surface area contributed by atoms with Gasteiger partial charge in [-0.25, -0.2) is 4.99 Å². The van der Waals surface area contributed by atoms with Crippen LogP contribution in [0.3, 0.4) is 0 Å². The number of rotatable bonds is 7. The number of pyridine rings is 1. The molecular formula is C21H24N8O. The van der Waals surface area contributed by atoms with Gasteiger partial charge in [0.25, 0.3) is 5.89 Å². The highest BCUT2D eigenvalue weighted by Gasteiger charge is 2.47. The fourth-order valence-electron chi connectivity index (χ4n) is 3.51. The van der Waals surface area contributed by atoms with Crippen molar-refractivity contribution in [3.8, 4) is 11.5 Å². The number of nitrogens with zero attached hydrogens (tertiary/aromatic N) is 6. The van der Waals surface area contributed by atoms with E-state index in [1.165, 1.54) is 6.20 Å². The molecule has 9 nitrogen and oxygen atoms in total. The summed E-state index contributed by atoms with van der Waals surface area (Å²) in [6, 6.07) is 3.93. The van der Waals surface area contributed by atoms with Crippen LogP contribution in [-0.2, 0) is 12.5 Å². The van der Waals surface area contributed by atoms with Crippen LogP contribution in [0, 0.1) is 5.92 Å². The lowest BCUT2D eigenvalue weighted by molar-refractivity contribution is 0.386. The number of allylic oxidation sites excluding steroid dienone is 1. The molecule has 0 unspecified atom stereocenters. The van der Waals surface area contributed by atoms with E-state index in [9.17, 15) is 0 Å². The molecule has 0 spiro atoms. The summed E-state index contributed by atoms with van der Waals surface area (Å²) in [6.45, 7) is 5.69. The van der Waals surface area contributed by atoms with E-state index < -0.39 is 5.41 Å². The van der Waals surface area contributed by atoms with Gasteiger partial charge in [-0.3, -0.25) is 9.67 Å². The van der Waals surface area contributed by atoms with Crippen molar-refractivity contribution in [2.45, 2.75) is 25.2 Å². The van der Waals surface area contributed by atoms with Gasteiger partial charge < -0.3 is 16.0 Å². The fraction of sp³-hybridized carbons (Fsp3) is 0.286. The van der Waals surface area contributed by atoms with Gasteiger partial charge in [0.05, 0.1) is 22.9 Å². The third-order valence-electron chi connectivity index (χ3n) is 5.44. The molecule has 4 N–H and O–H groups in total. The Balaban J connectivity index is 1.66. The normalized spacial score (nSPS) is 16.7. The van der Waals surface area contributed by atoms with Crippen molar-refractivity contribution in [3.05, 3.63) is 66.4 Å². The average Bonchev–Trinajstić information content (AvgIpc) is 3.32. The molecule has 3 heterocycles. The Labute approximate surface area is 174 Å². The van der Waals surface area contributed by atoms with Crippen LogP contribution in [0.25, 0.3) is 17.0 Å². The predicted molar refractivity (Wildman–Crippen MR) is 114 cm³/mol. The molecule has 1 fully saturated rings. The third kappa shape index (κ3) is 3.61. The van der Waals surface area contributed by atoms with E-state index in [1.54, 1.807) is 17.1 Å². The van der Waals surface area contributed by atoms with Gasteiger partial charge in [-0.1, -0.05) is 17.8 Å². The summed E-state index contributed by atoms with van der Waals surface area (Å²) in [5.41, 5.74) is 14.0. The number of aliphatic imine (C=N–C) groups is 1. The summed E-state index contributed by atoms with van der Waals surface area (Å²) in [5, 5.41) is 8.48. The van der Waals surface area contributed by atoms with E-state index in [4.69, 9.17) is 21.0 Å². The number of hydrogen-bond acceptors (Lipinski definition) is 8. The lowest BCUT2D eigenvalue weighted by Crippen LogP contribution is -2.28. The van der Waals surface area contributed by atoms with E-state index in [-0.39, 0.29) is 5.82 Å². The van der Waals surface area contributed by atoms with Crippen molar-refractivity contribution in [1.82, 2.24) is 24.9 Å². The SMILES string of the molecule is C=C(N)N=C/C(=C\N)c1ccc([C@@](C)(c2noc(-c3cnn(C)c3)n2)C2CC2)cn1. The topological polar surface area (TPSA) is 134 Å². The summed E-state index contributed by atoms with van der Waals surface area (Å²) in [6.07, 6.45) is 10.6. The fourth-order valence-corrected chi connectivity index (χ4v) is 3.51. The molecule has 1 aliphatic carbocycles. The quantitative estimate of drug-likeness (QED) is 0.577. The van der Waals surface area contributed by atoms with Gasteiger partial charge in [0.15, 0.2) is 5.82 Å². The first-order chi connectivity index (χ1) is 14.4. The highest BCUT2D eigenvalue weighted by molar-refractivity contribution is 6.09. The van der Waals surface area contributed by atoms with Gasteiger partial charge in [-0.2, -0.15) is 10.1 Å². The zero-order valence-electron chi connectivity index (χ0n) is 17.0. The molecule has 4 rings (SSSR count). The standard InChI is InChI=1S/C21H24N8O/c1-13(23)24-9-14(8-22)18-7-6-17(11-25-18)21(2,16-4-5-16)20-27-19(30-28-20)15-10-26-29(3)12-15/h6-12,16H,1,4-5,22-23H2,2-3H3/b14-8+,24-9?/t21-/m0/s1. The third-order valence-corrected chi connectivity index (χ3v) is 5.44. The van der Waals surface area contributed by atoms with Crippen molar-refractivity contribution in [2.75, 3.05) is 0 Å². The van der Waals surface area contributed by atoms with E-state index in [1.807, 2.05) is 31.6 Å². The second-order valence-electron chi connectivity index (χ2n) is 7.61. The van der Waals surface area contributed by atoms with Crippen LogP contribution in [0.5, 0.6) is 0 Å². The molecule has 9 heteroatoms. The van der Waals surface area contributed by atoms with Crippen molar-refractivity contribution in [1.29, 1.82) is 0 Å². The van der Waals surface area contributed by atoms with Crippen LogP contribution in [0.1, 0.15) is 36.8 Å². The second kappa shape index (κ2) is 7.58. The molecule has 3 aromatic rings. The number of hydrogen-bond donors (Lipinski definition) is 2. The maximum atomic E-state index is 5.72. The summed E-state index contributed by atoms with van der Waals surface area (Å²) >= 11 is 0. The summed E-state index contributed by atoms with van der Waals surface area (Å²) in [7, 11) is 1.85.